The molecule has 0 fully saturated rings. The van der Waals surface area contributed by atoms with E-state index in [0.29, 0.717) is 22.1 Å². The molecular weight excluding hydrogens is 471 g/mol. The van der Waals surface area contributed by atoms with Crippen molar-refractivity contribution in [3.8, 4) is 16.3 Å². The number of thiazole rings is 1. The van der Waals surface area contributed by atoms with E-state index >= 15 is 0 Å². The first kappa shape index (κ1) is 23.1. The second-order valence-electron chi connectivity index (χ2n) is 7.22. The molecule has 0 saturated heterocycles. The maximum absolute atomic E-state index is 12.8. The van der Waals surface area contributed by atoms with Crippen LogP contribution in [0.3, 0.4) is 0 Å². The number of thioether (sulfide) groups is 1. The highest BCUT2D eigenvalue weighted by atomic mass is 32.2. The zero-order valence-corrected chi connectivity index (χ0v) is 18.9. The summed E-state index contributed by atoms with van der Waals surface area (Å²) in [7, 11) is 0. The van der Waals surface area contributed by atoms with E-state index in [-0.39, 0.29) is 0 Å². The number of carboxylic acid groups (broad SMARTS) is 1. The summed E-state index contributed by atoms with van der Waals surface area (Å²) in [6.07, 6.45) is -5.29. The molecule has 1 heterocycles. The smallest absolute Gasteiger partial charge is 0.416 e. The number of hydrogen-bond donors (Lipinski definition) is 1. The van der Waals surface area contributed by atoms with Crippen LogP contribution in [-0.2, 0) is 16.7 Å². The summed E-state index contributed by atoms with van der Waals surface area (Å²) in [4.78, 5) is 16.5. The topological polar surface area (TPSA) is 59.4 Å². The van der Waals surface area contributed by atoms with Crippen LogP contribution in [0.5, 0.6) is 5.75 Å². The fourth-order valence-electron chi connectivity index (χ4n) is 3.08. The van der Waals surface area contributed by atoms with Crippen molar-refractivity contribution in [2.45, 2.75) is 29.9 Å². The largest absolute Gasteiger partial charge is 0.479 e. The number of hydrogen-bond acceptors (Lipinski definition) is 5. The Balaban J connectivity index is 1.49. The predicted molar refractivity (Wildman–Crippen MR) is 124 cm³/mol. The first-order chi connectivity index (χ1) is 15.7. The summed E-state index contributed by atoms with van der Waals surface area (Å²) >= 11 is 3.07. The van der Waals surface area contributed by atoms with Gasteiger partial charge in [-0.05, 0) is 55.0 Å². The number of nitrogens with zero attached hydrogens (tertiary/aromatic N) is 1. The molecule has 0 bridgehead atoms. The highest BCUT2D eigenvalue weighted by Gasteiger charge is 2.30. The molecule has 0 spiro atoms. The number of carbonyl (C=O) groups is 1. The summed E-state index contributed by atoms with van der Waals surface area (Å²) in [6.45, 7) is 1.47. The summed E-state index contributed by atoms with van der Waals surface area (Å²) in [5, 5.41) is 9.61. The van der Waals surface area contributed by atoms with Crippen LogP contribution in [0.15, 0.2) is 71.6 Å². The molecule has 4 aromatic rings. The molecule has 4 nitrogen and oxygen atoms in total. The van der Waals surface area contributed by atoms with Crippen LogP contribution in [0.25, 0.3) is 20.8 Å². The van der Waals surface area contributed by atoms with Crippen LogP contribution < -0.4 is 4.74 Å². The van der Waals surface area contributed by atoms with Gasteiger partial charge in [0, 0.05) is 16.2 Å². The Labute approximate surface area is 196 Å². The Hall–Kier alpha value is -3.04. The van der Waals surface area contributed by atoms with E-state index in [2.05, 4.69) is 4.98 Å². The van der Waals surface area contributed by atoms with Crippen LogP contribution in [-0.4, -0.2) is 22.2 Å². The molecule has 1 unspecified atom stereocenters. The predicted octanol–water partition coefficient (Wildman–Crippen LogP) is 7.13. The lowest BCUT2D eigenvalue weighted by molar-refractivity contribution is -0.144. The number of benzene rings is 3. The van der Waals surface area contributed by atoms with Gasteiger partial charge >= 0.3 is 12.1 Å². The van der Waals surface area contributed by atoms with Gasteiger partial charge < -0.3 is 9.84 Å². The molecule has 1 N–H and O–H groups in total. The number of halogens is 3. The highest BCUT2D eigenvalue weighted by molar-refractivity contribution is 7.98. The zero-order valence-electron chi connectivity index (χ0n) is 17.3. The van der Waals surface area contributed by atoms with Crippen molar-refractivity contribution in [1.82, 2.24) is 4.98 Å². The Morgan fingerprint density at radius 2 is 1.79 bits per heavy atom. The molecule has 9 heteroatoms. The number of aromatic nitrogens is 1. The summed E-state index contributed by atoms with van der Waals surface area (Å²) in [6, 6.07) is 18.1. The van der Waals surface area contributed by atoms with E-state index in [4.69, 9.17) is 9.84 Å². The van der Waals surface area contributed by atoms with Crippen LogP contribution in [0.1, 0.15) is 18.1 Å². The van der Waals surface area contributed by atoms with E-state index in [1.54, 1.807) is 23.9 Å². The Bertz CT molecular complexity index is 1270. The van der Waals surface area contributed by atoms with Gasteiger partial charge in [-0.2, -0.15) is 13.2 Å². The standard InChI is InChI=1S/C24H18F3NO3S2/c1-14(23(29)30)31-18-9-11-19(12-10-18)32-13-16-3-2-4-20-21(16)33-22(28-20)15-5-7-17(8-6-15)24(25,26)27/h2-12,14H,13H2,1H3,(H,29,30). The minimum atomic E-state index is -4.37. The van der Waals surface area contributed by atoms with Gasteiger partial charge in [-0.15, -0.1) is 23.1 Å². The molecule has 1 atom stereocenters. The summed E-state index contributed by atoms with van der Waals surface area (Å²) in [5.74, 6) is 0.138. The van der Waals surface area contributed by atoms with E-state index < -0.39 is 23.8 Å². The first-order valence-electron chi connectivity index (χ1n) is 9.89. The van der Waals surface area contributed by atoms with Gasteiger partial charge in [0.2, 0.25) is 0 Å². The van der Waals surface area contributed by atoms with Gasteiger partial charge in [-0.25, -0.2) is 9.78 Å². The van der Waals surface area contributed by atoms with Crippen molar-refractivity contribution in [2.24, 2.45) is 0 Å². The van der Waals surface area contributed by atoms with Crippen molar-refractivity contribution >= 4 is 39.3 Å². The van der Waals surface area contributed by atoms with E-state index in [1.165, 1.54) is 30.4 Å². The second-order valence-corrected chi connectivity index (χ2v) is 9.27. The lowest BCUT2D eigenvalue weighted by Crippen LogP contribution is -2.22. The number of ether oxygens (including phenoxy) is 1. The number of carboxylic acids is 1. The molecule has 0 saturated carbocycles. The van der Waals surface area contributed by atoms with Crippen LogP contribution >= 0.6 is 23.1 Å². The fourth-order valence-corrected chi connectivity index (χ4v) is 5.14. The zero-order chi connectivity index (χ0) is 23.6. The average Bonchev–Trinajstić information content (AvgIpc) is 3.23. The van der Waals surface area contributed by atoms with Gasteiger partial charge in [0.25, 0.3) is 0 Å². The van der Waals surface area contributed by atoms with Crippen molar-refractivity contribution < 1.29 is 27.8 Å². The van der Waals surface area contributed by atoms with E-state index in [1.807, 2.05) is 30.3 Å². The maximum Gasteiger partial charge on any atom is 0.416 e. The normalized spacial score (nSPS) is 12.6. The van der Waals surface area contributed by atoms with Gasteiger partial charge in [0.15, 0.2) is 6.10 Å². The molecule has 170 valence electrons. The maximum atomic E-state index is 12.8. The number of aliphatic carboxylic acids is 1. The Morgan fingerprint density at radius 3 is 2.42 bits per heavy atom. The summed E-state index contributed by atoms with van der Waals surface area (Å²) < 4.78 is 44.8. The highest BCUT2D eigenvalue weighted by Crippen LogP contribution is 2.36. The molecule has 0 aliphatic carbocycles. The first-order valence-corrected chi connectivity index (χ1v) is 11.7. The van der Waals surface area contributed by atoms with Crippen molar-refractivity contribution in [3.63, 3.8) is 0 Å². The monoisotopic (exact) mass is 489 g/mol. The van der Waals surface area contributed by atoms with E-state index in [9.17, 15) is 18.0 Å². The number of fused-ring (bicyclic) bond motifs is 1. The molecule has 0 amide bonds. The van der Waals surface area contributed by atoms with Crippen molar-refractivity contribution in [2.75, 3.05) is 0 Å². The number of rotatable bonds is 7. The van der Waals surface area contributed by atoms with Crippen LogP contribution in [0, 0.1) is 0 Å². The average molecular weight is 490 g/mol. The minimum absolute atomic E-state index is 0.486. The lowest BCUT2D eigenvalue weighted by atomic mass is 10.1. The van der Waals surface area contributed by atoms with Gasteiger partial charge in [0.1, 0.15) is 10.8 Å². The van der Waals surface area contributed by atoms with Gasteiger partial charge in [-0.1, -0.05) is 24.3 Å². The van der Waals surface area contributed by atoms with Crippen LogP contribution in [0.4, 0.5) is 13.2 Å². The third-order valence-corrected chi connectivity index (χ3v) is 7.09. The molecule has 33 heavy (non-hydrogen) atoms. The van der Waals surface area contributed by atoms with Gasteiger partial charge in [0.05, 0.1) is 15.8 Å². The molecule has 0 aliphatic rings. The molecular formula is C24H18F3NO3S2. The lowest BCUT2D eigenvalue weighted by Gasteiger charge is -2.10. The molecule has 0 radical (unpaired) electrons. The van der Waals surface area contributed by atoms with Crippen molar-refractivity contribution in [3.05, 3.63) is 77.9 Å². The minimum Gasteiger partial charge on any atom is -0.479 e. The SMILES string of the molecule is CC(Oc1ccc(SCc2cccc3nc(-c4ccc(C(F)(F)F)cc4)sc23)cc1)C(=O)O. The number of alkyl halides is 3. The quantitative estimate of drug-likeness (QED) is 0.280. The fraction of sp³-hybridized carbons (Fsp3) is 0.167. The summed E-state index contributed by atoms with van der Waals surface area (Å²) in [5.41, 5.74) is 1.85. The molecule has 0 aliphatic heterocycles. The molecule has 3 aromatic carbocycles. The van der Waals surface area contributed by atoms with Crippen LogP contribution in [0.2, 0.25) is 0 Å². The Kier molecular flexibility index (Phi) is 6.62. The Morgan fingerprint density at radius 1 is 1.09 bits per heavy atom. The van der Waals surface area contributed by atoms with Gasteiger partial charge in [-0.3, -0.25) is 0 Å². The second kappa shape index (κ2) is 9.44. The van der Waals surface area contributed by atoms with E-state index in [0.717, 1.165) is 32.8 Å². The molecule has 4 rings (SSSR count). The van der Waals surface area contributed by atoms with Crippen molar-refractivity contribution in [1.29, 1.82) is 0 Å². The molecule has 1 aromatic heterocycles. The third kappa shape index (κ3) is 5.48. The third-order valence-electron chi connectivity index (χ3n) is 4.83.